The Kier molecular flexibility index (Phi) is 5.84. The molecule has 1 atom stereocenters. The van der Waals surface area contributed by atoms with Gasteiger partial charge in [0, 0.05) is 16.1 Å². The average molecular weight is 300 g/mol. The van der Waals surface area contributed by atoms with Crippen LogP contribution >= 0.6 is 11.6 Å². The summed E-state index contributed by atoms with van der Waals surface area (Å²) in [5.74, 6) is 0.282. The molecule has 0 aliphatic heterocycles. The minimum absolute atomic E-state index is 0.185. The van der Waals surface area contributed by atoms with Crippen molar-refractivity contribution in [3.8, 4) is 5.75 Å². The number of halogens is 1. The molecule has 1 aromatic carbocycles. The second kappa shape index (κ2) is 6.95. The molecule has 0 aliphatic carbocycles. The Balaban J connectivity index is 2.75. The van der Waals surface area contributed by atoms with Crippen LogP contribution in [0.2, 0.25) is 5.02 Å². The predicted molar refractivity (Wildman–Crippen MR) is 80.0 cm³/mol. The van der Waals surface area contributed by atoms with Crippen molar-refractivity contribution in [3.63, 3.8) is 0 Å². The summed E-state index contributed by atoms with van der Waals surface area (Å²) in [5.41, 5.74) is 0.293. The normalized spacial score (nSPS) is 12.9. The number of amides is 1. The zero-order valence-corrected chi connectivity index (χ0v) is 13.1. The summed E-state index contributed by atoms with van der Waals surface area (Å²) in [7, 11) is 0. The lowest BCUT2D eigenvalue weighted by Crippen LogP contribution is -2.48. The Morgan fingerprint density at radius 2 is 2.15 bits per heavy atom. The first-order valence-corrected chi connectivity index (χ1v) is 7.05. The molecule has 0 aliphatic rings. The molecular weight excluding hydrogens is 278 g/mol. The van der Waals surface area contributed by atoms with E-state index in [9.17, 15) is 9.90 Å². The quantitative estimate of drug-likeness (QED) is 0.849. The highest BCUT2D eigenvalue weighted by Gasteiger charge is 2.23. The lowest BCUT2D eigenvalue weighted by atomic mass is 10.0. The summed E-state index contributed by atoms with van der Waals surface area (Å²) in [5, 5.41) is 12.7. The number of ether oxygens (including phenoxy) is 1. The first-order chi connectivity index (χ1) is 9.29. The number of carbonyl (C=O) groups excluding carboxylic acids is 1. The van der Waals surface area contributed by atoms with Crippen molar-refractivity contribution >= 4 is 17.5 Å². The Labute approximate surface area is 125 Å². The molecule has 1 amide bonds. The van der Waals surface area contributed by atoms with Gasteiger partial charge in [-0.1, -0.05) is 18.5 Å². The largest absolute Gasteiger partial charge is 0.481 e. The number of benzene rings is 1. The Bertz CT molecular complexity index is 474. The van der Waals surface area contributed by atoms with Crippen LogP contribution in [0.1, 0.15) is 39.7 Å². The minimum Gasteiger partial charge on any atom is -0.481 e. The zero-order chi connectivity index (χ0) is 15.3. The summed E-state index contributed by atoms with van der Waals surface area (Å²) in [6, 6.07) is 4.94. The van der Waals surface area contributed by atoms with Gasteiger partial charge in [-0.15, -0.1) is 0 Å². The van der Waals surface area contributed by atoms with Crippen molar-refractivity contribution in [2.24, 2.45) is 0 Å². The second-order valence-corrected chi connectivity index (χ2v) is 5.83. The van der Waals surface area contributed by atoms with Gasteiger partial charge in [0.25, 0.3) is 5.91 Å². The van der Waals surface area contributed by atoms with E-state index in [1.54, 1.807) is 25.1 Å². The van der Waals surface area contributed by atoms with Gasteiger partial charge in [0.05, 0.1) is 6.61 Å². The van der Waals surface area contributed by atoms with E-state index >= 15 is 0 Å². The van der Waals surface area contributed by atoms with E-state index < -0.39 is 6.10 Å². The SMILES string of the molecule is CCC(C)(C)NC(=O)C(C)Oc1ccc(Cl)cc1CO. The Hall–Kier alpha value is -1.26. The van der Waals surface area contributed by atoms with Crippen LogP contribution in [0, 0.1) is 0 Å². The molecule has 1 unspecified atom stereocenters. The minimum atomic E-state index is -0.646. The van der Waals surface area contributed by atoms with Gasteiger partial charge in [-0.05, 0) is 45.4 Å². The number of hydrogen-bond acceptors (Lipinski definition) is 3. The fourth-order valence-electron chi connectivity index (χ4n) is 1.55. The van der Waals surface area contributed by atoms with Gasteiger partial charge in [-0.25, -0.2) is 0 Å². The highest BCUT2D eigenvalue weighted by molar-refractivity contribution is 6.30. The highest BCUT2D eigenvalue weighted by atomic mass is 35.5. The van der Waals surface area contributed by atoms with Gasteiger partial charge in [0.1, 0.15) is 5.75 Å². The molecule has 20 heavy (non-hydrogen) atoms. The van der Waals surface area contributed by atoms with Crippen LogP contribution in [0.5, 0.6) is 5.75 Å². The summed E-state index contributed by atoms with van der Waals surface area (Å²) >= 11 is 5.85. The molecule has 1 rings (SSSR count). The first kappa shape index (κ1) is 16.8. The van der Waals surface area contributed by atoms with Crippen molar-refractivity contribution in [1.82, 2.24) is 5.32 Å². The fourth-order valence-corrected chi connectivity index (χ4v) is 1.75. The third-order valence-electron chi connectivity index (χ3n) is 3.21. The van der Waals surface area contributed by atoms with Crippen molar-refractivity contribution in [3.05, 3.63) is 28.8 Å². The molecule has 0 saturated carbocycles. The van der Waals surface area contributed by atoms with Crippen molar-refractivity contribution < 1.29 is 14.6 Å². The second-order valence-electron chi connectivity index (χ2n) is 5.40. The smallest absolute Gasteiger partial charge is 0.261 e. The maximum Gasteiger partial charge on any atom is 0.261 e. The van der Waals surface area contributed by atoms with Crippen molar-refractivity contribution in [2.45, 2.75) is 52.4 Å². The summed E-state index contributed by atoms with van der Waals surface area (Å²) < 4.78 is 5.61. The van der Waals surface area contributed by atoms with Gasteiger partial charge < -0.3 is 15.2 Å². The van der Waals surface area contributed by atoms with Crippen molar-refractivity contribution in [1.29, 1.82) is 0 Å². The van der Waals surface area contributed by atoms with E-state index in [0.717, 1.165) is 6.42 Å². The molecule has 0 aromatic heterocycles. The standard InChI is InChI=1S/C15H22ClNO3/c1-5-15(3,4)17-14(19)10(2)20-13-7-6-12(16)8-11(13)9-18/h6-8,10,18H,5,9H2,1-4H3,(H,17,19). The first-order valence-electron chi connectivity index (χ1n) is 6.67. The molecule has 1 aromatic rings. The Morgan fingerprint density at radius 1 is 1.50 bits per heavy atom. The number of hydrogen-bond donors (Lipinski definition) is 2. The molecule has 112 valence electrons. The highest BCUT2D eigenvalue weighted by Crippen LogP contribution is 2.24. The van der Waals surface area contributed by atoms with Gasteiger partial charge in [0.2, 0.25) is 0 Å². The van der Waals surface area contributed by atoms with E-state index in [0.29, 0.717) is 16.3 Å². The number of nitrogens with one attached hydrogen (secondary N) is 1. The average Bonchev–Trinajstić information content (AvgIpc) is 2.40. The maximum atomic E-state index is 12.1. The van der Waals surface area contributed by atoms with Gasteiger partial charge >= 0.3 is 0 Å². The third-order valence-corrected chi connectivity index (χ3v) is 3.45. The van der Waals surface area contributed by atoms with Crippen LogP contribution in [0.3, 0.4) is 0 Å². The number of aliphatic hydroxyl groups excluding tert-OH is 1. The van der Waals surface area contributed by atoms with Crippen LogP contribution in [0.15, 0.2) is 18.2 Å². The lowest BCUT2D eigenvalue weighted by Gasteiger charge is -2.27. The van der Waals surface area contributed by atoms with Gasteiger partial charge in [-0.3, -0.25) is 4.79 Å². The predicted octanol–water partition coefficient (Wildman–Crippen LogP) is 2.90. The van der Waals surface area contributed by atoms with Gasteiger partial charge in [0.15, 0.2) is 6.10 Å². The number of aliphatic hydroxyl groups is 1. The van der Waals surface area contributed by atoms with Crippen LogP contribution in [-0.2, 0) is 11.4 Å². The maximum absolute atomic E-state index is 12.1. The fraction of sp³-hybridized carbons (Fsp3) is 0.533. The molecule has 5 heteroatoms. The Morgan fingerprint density at radius 3 is 2.70 bits per heavy atom. The zero-order valence-electron chi connectivity index (χ0n) is 12.4. The van der Waals surface area contributed by atoms with Crippen LogP contribution in [0.25, 0.3) is 0 Å². The lowest BCUT2D eigenvalue weighted by molar-refractivity contribution is -0.129. The molecular formula is C15H22ClNO3. The van der Waals surface area contributed by atoms with Crippen molar-refractivity contribution in [2.75, 3.05) is 0 Å². The van der Waals surface area contributed by atoms with E-state index in [-0.39, 0.29) is 18.1 Å². The third kappa shape index (κ3) is 4.69. The molecule has 0 fully saturated rings. The topological polar surface area (TPSA) is 58.6 Å². The molecule has 4 nitrogen and oxygen atoms in total. The summed E-state index contributed by atoms with van der Waals surface area (Å²) in [6.07, 6.45) is 0.182. The molecule has 0 heterocycles. The number of carbonyl (C=O) groups is 1. The summed E-state index contributed by atoms with van der Waals surface area (Å²) in [4.78, 5) is 12.1. The summed E-state index contributed by atoms with van der Waals surface area (Å²) in [6.45, 7) is 7.41. The van der Waals surface area contributed by atoms with Crippen LogP contribution in [-0.4, -0.2) is 22.7 Å². The van der Waals surface area contributed by atoms with Gasteiger partial charge in [-0.2, -0.15) is 0 Å². The van der Waals surface area contributed by atoms with E-state index in [1.165, 1.54) is 0 Å². The van der Waals surface area contributed by atoms with E-state index in [2.05, 4.69) is 5.32 Å². The molecule has 0 radical (unpaired) electrons. The van der Waals surface area contributed by atoms with E-state index in [1.807, 2.05) is 20.8 Å². The van der Waals surface area contributed by atoms with Crippen LogP contribution in [0.4, 0.5) is 0 Å². The monoisotopic (exact) mass is 299 g/mol. The molecule has 0 spiro atoms. The molecule has 2 N–H and O–H groups in total. The number of rotatable bonds is 6. The van der Waals surface area contributed by atoms with E-state index in [4.69, 9.17) is 16.3 Å². The molecule has 0 bridgehead atoms. The van der Waals surface area contributed by atoms with Crippen LogP contribution < -0.4 is 10.1 Å². The molecule has 0 saturated heterocycles.